The molecule has 1 rings (SSSR count). The SMILES string of the molecule is CC(CNC(=O)c1ccc(Br)c(F)c1)S(C)=O. The third-order valence-corrected chi connectivity index (χ3v) is 4.24. The van der Waals surface area contributed by atoms with Gasteiger partial charge in [0.2, 0.25) is 0 Å². The van der Waals surface area contributed by atoms with Crippen molar-refractivity contribution in [3.05, 3.63) is 34.1 Å². The number of amides is 1. The van der Waals surface area contributed by atoms with E-state index >= 15 is 0 Å². The van der Waals surface area contributed by atoms with Crippen LogP contribution in [0, 0.1) is 5.82 Å². The van der Waals surface area contributed by atoms with Gasteiger partial charge in [-0.05, 0) is 41.1 Å². The second kappa shape index (κ2) is 6.26. The van der Waals surface area contributed by atoms with E-state index in [-0.39, 0.29) is 16.7 Å². The predicted octanol–water partition coefficient (Wildman–Crippen LogP) is 2.08. The summed E-state index contributed by atoms with van der Waals surface area (Å²) in [6.45, 7) is 2.08. The lowest BCUT2D eigenvalue weighted by Crippen LogP contribution is -2.32. The molecule has 6 heteroatoms. The molecule has 0 fully saturated rings. The first-order valence-electron chi connectivity index (χ1n) is 4.97. The van der Waals surface area contributed by atoms with E-state index in [2.05, 4.69) is 21.2 Å². The summed E-state index contributed by atoms with van der Waals surface area (Å²) in [5.74, 6) is -0.849. The first kappa shape index (κ1) is 14.3. The Morgan fingerprint density at radius 3 is 2.76 bits per heavy atom. The number of benzene rings is 1. The molecule has 0 aliphatic carbocycles. The van der Waals surface area contributed by atoms with Gasteiger partial charge in [0.15, 0.2) is 0 Å². The van der Waals surface area contributed by atoms with Gasteiger partial charge < -0.3 is 5.32 Å². The first-order chi connectivity index (χ1) is 7.91. The lowest BCUT2D eigenvalue weighted by Gasteiger charge is -2.10. The topological polar surface area (TPSA) is 46.2 Å². The molecule has 17 heavy (non-hydrogen) atoms. The summed E-state index contributed by atoms with van der Waals surface area (Å²) in [5, 5.41) is 2.49. The molecule has 0 radical (unpaired) electrons. The minimum Gasteiger partial charge on any atom is -0.351 e. The summed E-state index contributed by atoms with van der Waals surface area (Å²) in [6.07, 6.45) is 1.58. The van der Waals surface area contributed by atoms with E-state index in [1.165, 1.54) is 12.1 Å². The zero-order chi connectivity index (χ0) is 13.0. The normalized spacial score (nSPS) is 14.1. The van der Waals surface area contributed by atoms with E-state index in [1.807, 2.05) is 0 Å². The van der Waals surface area contributed by atoms with Crippen LogP contribution >= 0.6 is 15.9 Å². The molecule has 1 amide bonds. The van der Waals surface area contributed by atoms with Crippen LogP contribution in [0.3, 0.4) is 0 Å². The standard InChI is InChI=1S/C11H13BrFNO2S/c1-7(17(2)16)6-14-11(15)8-3-4-9(12)10(13)5-8/h3-5,7H,6H2,1-2H3,(H,14,15). The molecule has 1 N–H and O–H groups in total. The largest absolute Gasteiger partial charge is 0.351 e. The molecule has 2 unspecified atom stereocenters. The highest BCUT2D eigenvalue weighted by atomic mass is 79.9. The van der Waals surface area contributed by atoms with Gasteiger partial charge in [0.1, 0.15) is 5.82 Å². The highest BCUT2D eigenvalue weighted by Gasteiger charge is 2.11. The fraction of sp³-hybridized carbons (Fsp3) is 0.364. The maximum Gasteiger partial charge on any atom is 0.251 e. The number of rotatable bonds is 4. The van der Waals surface area contributed by atoms with Crippen LogP contribution in [-0.2, 0) is 10.8 Å². The molecule has 1 aromatic carbocycles. The minimum atomic E-state index is -0.987. The van der Waals surface area contributed by atoms with Crippen molar-refractivity contribution in [2.75, 3.05) is 12.8 Å². The minimum absolute atomic E-state index is 0.126. The lowest BCUT2D eigenvalue weighted by atomic mass is 10.2. The summed E-state index contributed by atoms with van der Waals surface area (Å²) in [4.78, 5) is 11.6. The fourth-order valence-electron chi connectivity index (χ4n) is 1.09. The van der Waals surface area contributed by atoms with Crippen LogP contribution in [0.25, 0.3) is 0 Å². The van der Waals surface area contributed by atoms with Crippen LogP contribution in [0.15, 0.2) is 22.7 Å². The maximum atomic E-state index is 13.2. The Kier molecular flexibility index (Phi) is 5.27. The van der Waals surface area contributed by atoms with Crippen molar-refractivity contribution < 1.29 is 13.4 Å². The molecule has 0 heterocycles. The maximum absolute atomic E-state index is 13.2. The van der Waals surface area contributed by atoms with Crippen LogP contribution in [0.4, 0.5) is 4.39 Å². The van der Waals surface area contributed by atoms with Crippen molar-refractivity contribution in [3.63, 3.8) is 0 Å². The van der Waals surface area contributed by atoms with Crippen molar-refractivity contribution >= 4 is 32.6 Å². The first-order valence-corrected chi connectivity index (χ1v) is 7.38. The molecule has 0 aliphatic rings. The number of hydrogen-bond donors (Lipinski definition) is 1. The van der Waals surface area contributed by atoms with Gasteiger partial charge in [-0.15, -0.1) is 0 Å². The van der Waals surface area contributed by atoms with Gasteiger partial charge in [-0.1, -0.05) is 0 Å². The molecule has 0 aliphatic heterocycles. The number of carbonyl (C=O) groups is 1. The van der Waals surface area contributed by atoms with Gasteiger partial charge in [0.25, 0.3) is 5.91 Å². The Balaban J connectivity index is 2.64. The number of carbonyl (C=O) groups excluding carboxylic acids is 1. The zero-order valence-corrected chi connectivity index (χ0v) is 11.9. The highest BCUT2D eigenvalue weighted by Crippen LogP contribution is 2.16. The molecule has 3 nitrogen and oxygen atoms in total. The zero-order valence-electron chi connectivity index (χ0n) is 9.50. The van der Waals surface area contributed by atoms with Crippen LogP contribution in [-0.4, -0.2) is 28.2 Å². The van der Waals surface area contributed by atoms with E-state index in [1.54, 1.807) is 13.2 Å². The Hall–Kier alpha value is -0.750. The van der Waals surface area contributed by atoms with E-state index in [9.17, 15) is 13.4 Å². The Bertz CT molecular complexity index is 453. The second-order valence-corrected chi connectivity index (χ2v) is 6.30. The summed E-state index contributed by atoms with van der Waals surface area (Å²) in [5.41, 5.74) is 0.250. The predicted molar refractivity (Wildman–Crippen MR) is 70.0 cm³/mol. The summed E-state index contributed by atoms with van der Waals surface area (Å²) < 4.78 is 24.6. The molecule has 94 valence electrons. The molecule has 2 atom stereocenters. The lowest BCUT2D eigenvalue weighted by molar-refractivity contribution is 0.0953. The van der Waals surface area contributed by atoms with Gasteiger partial charge in [-0.2, -0.15) is 0 Å². The quantitative estimate of drug-likeness (QED) is 0.923. The van der Waals surface area contributed by atoms with E-state index in [4.69, 9.17) is 0 Å². The molecule has 0 bridgehead atoms. The Morgan fingerprint density at radius 2 is 2.24 bits per heavy atom. The third-order valence-electron chi connectivity index (χ3n) is 2.30. The molecule has 0 spiro atoms. The number of hydrogen-bond acceptors (Lipinski definition) is 2. The van der Waals surface area contributed by atoms with Crippen molar-refractivity contribution in [2.45, 2.75) is 12.2 Å². The van der Waals surface area contributed by atoms with Crippen LogP contribution < -0.4 is 5.32 Å². The van der Waals surface area contributed by atoms with Crippen molar-refractivity contribution in [1.82, 2.24) is 5.32 Å². The summed E-state index contributed by atoms with van der Waals surface area (Å²) in [7, 11) is -0.987. The Morgan fingerprint density at radius 1 is 1.59 bits per heavy atom. The smallest absolute Gasteiger partial charge is 0.251 e. The van der Waals surface area contributed by atoms with Gasteiger partial charge in [0.05, 0.1) is 4.47 Å². The molecule has 0 saturated carbocycles. The fourth-order valence-corrected chi connectivity index (χ4v) is 1.66. The van der Waals surface area contributed by atoms with Crippen LogP contribution in [0.1, 0.15) is 17.3 Å². The molecular weight excluding hydrogens is 309 g/mol. The van der Waals surface area contributed by atoms with Crippen molar-refractivity contribution in [1.29, 1.82) is 0 Å². The molecule has 1 aromatic rings. The van der Waals surface area contributed by atoms with Gasteiger partial charge >= 0.3 is 0 Å². The molecule has 0 aromatic heterocycles. The average molecular weight is 322 g/mol. The number of halogens is 2. The molecular formula is C11H13BrFNO2S. The summed E-state index contributed by atoms with van der Waals surface area (Å²) in [6, 6.07) is 4.16. The van der Waals surface area contributed by atoms with Crippen molar-refractivity contribution in [2.24, 2.45) is 0 Å². The second-order valence-electron chi connectivity index (χ2n) is 3.65. The van der Waals surface area contributed by atoms with Gasteiger partial charge in [-0.25, -0.2) is 4.39 Å². The third kappa shape index (κ3) is 4.20. The van der Waals surface area contributed by atoms with Gasteiger partial charge in [-0.3, -0.25) is 9.00 Å². The Labute approximate surface area is 110 Å². The van der Waals surface area contributed by atoms with Gasteiger partial charge in [0, 0.05) is 34.4 Å². The summed E-state index contributed by atoms with van der Waals surface area (Å²) >= 11 is 3.01. The number of nitrogens with one attached hydrogen (secondary N) is 1. The van der Waals surface area contributed by atoms with E-state index in [0.717, 1.165) is 6.07 Å². The average Bonchev–Trinajstić information content (AvgIpc) is 2.28. The highest BCUT2D eigenvalue weighted by molar-refractivity contribution is 9.10. The van der Waals surface area contributed by atoms with E-state index in [0.29, 0.717) is 11.0 Å². The molecule has 0 saturated heterocycles. The van der Waals surface area contributed by atoms with E-state index < -0.39 is 16.6 Å². The van der Waals surface area contributed by atoms with Crippen LogP contribution in [0.5, 0.6) is 0 Å². The van der Waals surface area contributed by atoms with Crippen LogP contribution in [0.2, 0.25) is 0 Å². The van der Waals surface area contributed by atoms with Crippen molar-refractivity contribution in [3.8, 4) is 0 Å². The monoisotopic (exact) mass is 321 g/mol.